The van der Waals surface area contributed by atoms with Gasteiger partial charge in [0.25, 0.3) is 5.91 Å². The van der Waals surface area contributed by atoms with Gasteiger partial charge in [-0.2, -0.15) is 5.10 Å². The summed E-state index contributed by atoms with van der Waals surface area (Å²) < 4.78 is 0.752. The Morgan fingerprint density at radius 3 is 2.89 bits per heavy atom. The van der Waals surface area contributed by atoms with Gasteiger partial charge < -0.3 is 16.3 Å². The van der Waals surface area contributed by atoms with Crippen molar-refractivity contribution in [1.82, 2.24) is 10.2 Å². The lowest BCUT2D eigenvalue weighted by atomic mass is 10.1. The first-order chi connectivity index (χ1) is 9.11. The molecule has 0 saturated heterocycles. The van der Waals surface area contributed by atoms with Gasteiger partial charge in [0.1, 0.15) is 5.69 Å². The van der Waals surface area contributed by atoms with Gasteiger partial charge in [0.2, 0.25) is 0 Å². The second kappa shape index (κ2) is 5.53. The van der Waals surface area contributed by atoms with Gasteiger partial charge in [-0.05, 0) is 24.3 Å². The molecule has 0 saturated carbocycles. The fourth-order valence-electron chi connectivity index (χ4n) is 1.47. The minimum absolute atomic E-state index is 0.0904. The molecule has 1 heterocycles. The molecule has 2 rings (SSSR count). The van der Waals surface area contributed by atoms with Crippen LogP contribution in [0.5, 0.6) is 0 Å². The first-order valence-electron chi connectivity index (χ1n) is 5.20. The van der Waals surface area contributed by atoms with E-state index in [9.17, 15) is 4.79 Å². The Labute approximate surface area is 116 Å². The van der Waals surface area contributed by atoms with Crippen LogP contribution >= 0.6 is 15.9 Å². The highest BCUT2D eigenvalue weighted by Crippen LogP contribution is 2.22. The topological polar surface area (TPSA) is 116 Å². The third-order valence-corrected chi connectivity index (χ3v) is 2.85. The summed E-state index contributed by atoms with van der Waals surface area (Å²) in [5.41, 5.74) is 6.70. The molecule has 0 aliphatic rings. The molecule has 7 nitrogen and oxygen atoms in total. The van der Waals surface area contributed by atoms with E-state index in [-0.39, 0.29) is 11.7 Å². The van der Waals surface area contributed by atoms with E-state index in [2.05, 4.69) is 36.6 Å². The molecule has 0 aliphatic heterocycles. The number of rotatable bonds is 3. The molecule has 1 amide bonds. The van der Waals surface area contributed by atoms with E-state index >= 15 is 0 Å². The van der Waals surface area contributed by atoms with Gasteiger partial charge in [-0.1, -0.05) is 21.1 Å². The molecule has 19 heavy (non-hydrogen) atoms. The highest BCUT2D eigenvalue weighted by Gasteiger charge is 2.13. The Balaban J connectivity index is 2.33. The second-order valence-electron chi connectivity index (χ2n) is 3.60. The van der Waals surface area contributed by atoms with Crippen molar-refractivity contribution in [3.8, 4) is 0 Å². The fraction of sp³-hybridized carbons (Fsp3) is 0. The minimum atomic E-state index is -0.373. The van der Waals surface area contributed by atoms with Gasteiger partial charge in [-0.3, -0.25) is 9.89 Å². The lowest BCUT2D eigenvalue weighted by molar-refractivity contribution is 0.102. The van der Waals surface area contributed by atoms with Crippen LogP contribution in [0.15, 0.2) is 40.1 Å². The van der Waals surface area contributed by atoms with Crippen LogP contribution in [0.3, 0.4) is 0 Å². The number of nitrogens with zero attached hydrogens (tertiary/aromatic N) is 2. The normalized spacial score (nSPS) is 11.3. The maximum atomic E-state index is 11.9. The summed E-state index contributed by atoms with van der Waals surface area (Å²) >= 11 is 3.29. The van der Waals surface area contributed by atoms with Crippen LogP contribution in [0.1, 0.15) is 16.1 Å². The third kappa shape index (κ3) is 2.91. The van der Waals surface area contributed by atoms with Crippen LogP contribution in [-0.2, 0) is 0 Å². The van der Waals surface area contributed by atoms with Crippen molar-refractivity contribution in [3.05, 3.63) is 46.2 Å². The number of carbonyl (C=O) groups is 1. The number of amidine groups is 1. The zero-order valence-electron chi connectivity index (χ0n) is 9.59. The summed E-state index contributed by atoms with van der Waals surface area (Å²) in [5.74, 6) is -0.463. The van der Waals surface area contributed by atoms with Crippen LogP contribution in [0.2, 0.25) is 0 Å². The standard InChI is InChI=1S/C11H10BrN5O2/c12-6-1-2-7(10(13)17-19)9(5-6)15-11(18)8-3-4-14-16-8/h1-5,19H,(H2,13,17)(H,14,16)(H,15,18). The van der Waals surface area contributed by atoms with Crippen LogP contribution < -0.4 is 11.1 Å². The SMILES string of the molecule is N/C(=N/O)c1ccc(Br)cc1NC(=O)c1ccn[nH]1. The van der Waals surface area contributed by atoms with Crippen molar-refractivity contribution >= 4 is 33.4 Å². The average Bonchev–Trinajstić information content (AvgIpc) is 2.92. The molecule has 0 bridgehead atoms. The molecule has 1 aromatic carbocycles. The first-order valence-corrected chi connectivity index (χ1v) is 5.99. The first kappa shape index (κ1) is 13.1. The number of carbonyl (C=O) groups excluding carboxylic acids is 1. The number of halogens is 1. The fourth-order valence-corrected chi connectivity index (χ4v) is 1.83. The summed E-state index contributed by atoms with van der Waals surface area (Å²) in [4.78, 5) is 11.9. The van der Waals surface area contributed by atoms with Crippen LogP contribution in [-0.4, -0.2) is 27.1 Å². The highest BCUT2D eigenvalue weighted by atomic mass is 79.9. The van der Waals surface area contributed by atoms with E-state index in [0.717, 1.165) is 4.47 Å². The average molecular weight is 324 g/mol. The molecule has 0 radical (unpaired) electrons. The number of aromatic amines is 1. The van der Waals surface area contributed by atoms with E-state index in [1.54, 1.807) is 18.2 Å². The largest absolute Gasteiger partial charge is 0.409 e. The van der Waals surface area contributed by atoms with Gasteiger partial charge >= 0.3 is 0 Å². The van der Waals surface area contributed by atoms with Gasteiger partial charge in [-0.15, -0.1) is 0 Å². The highest BCUT2D eigenvalue weighted by molar-refractivity contribution is 9.10. The lowest BCUT2D eigenvalue weighted by Crippen LogP contribution is -2.19. The molecule has 8 heteroatoms. The number of amides is 1. The molecule has 0 spiro atoms. The quantitative estimate of drug-likeness (QED) is 0.296. The van der Waals surface area contributed by atoms with Gasteiger partial charge in [0, 0.05) is 16.2 Å². The summed E-state index contributed by atoms with van der Waals surface area (Å²) in [5, 5.41) is 20.5. The van der Waals surface area contributed by atoms with Crippen LogP contribution in [0.4, 0.5) is 5.69 Å². The van der Waals surface area contributed by atoms with Gasteiger partial charge in [-0.25, -0.2) is 0 Å². The Hall–Kier alpha value is -2.35. The summed E-state index contributed by atoms with van der Waals surface area (Å²) in [7, 11) is 0. The Morgan fingerprint density at radius 1 is 1.47 bits per heavy atom. The van der Waals surface area contributed by atoms with Crippen LogP contribution in [0.25, 0.3) is 0 Å². The summed E-state index contributed by atoms with van der Waals surface area (Å²) in [6, 6.07) is 6.54. The molecular weight excluding hydrogens is 314 g/mol. The molecule has 2 aromatic rings. The number of nitrogens with two attached hydrogens (primary N) is 1. The van der Waals surface area contributed by atoms with Crippen molar-refractivity contribution in [1.29, 1.82) is 0 Å². The Kier molecular flexibility index (Phi) is 3.81. The number of oxime groups is 1. The van der Waals surface area contributed by atoms with Crippen molar-refractivity contribution in [3.63, 3.8) is 0 Å². The van der Waals surface area contributed by atoms with E-state index < -0.39 is 0 Å². The molecule has 0 atom stereocenters. The maximum Gasteiger partial charge on any atom is 0.273 e. The molecule has 98 valence electrons. The Bertz CT molecular complexity index is 624. The molecular formula is C11H10BrN5O2. The number of hydrogen-bond acceptors (Lipinski definition) is 4. The number of nitrogens with one attached hydrogen (secondary N) is 2. The van der Waals surface area contributed by atoms with Crippen molar-refractivity contribution in [2.24, 2.45) is 10.9 Å². The molecule has 0 fully saturated rings. The number of benzene rings is 1. The molecule has 0 aliphatic carbocycles. The zero-order valence-corrected chi connectivity index (χ0v) is 11.2. The lowest BCUT2D eigenvalue weighted by Gasteiger charge is -2.09. The smallest absolute Gasteiger partial charge is 0.273 e. The van der Waals surface area contributed by atoms with Gasteiger partial charge in [0.05, 0.1) is 5.69 Å². The number of hydrogen-bond donors (Lipinski definition) is 4. The van der Waals surface area contributed by atoms with Crippen molar-refractivity contribution in [2.75, 3.05) is 5.32 Å². The Morgan fingerprint density at radius 2 is 2.26 bits per heavy atom. The van der Waals surface area contributed by atoms with E-state index in [1.165, 1.54) is 12.3 Å². The van der Waals surface area contributed by atoms with Crippen LogP contribution in [0, 0.1) is 0 Å². The maximum absolute atomic E-state index is 11.9. The molecule has 1 aromatic heterocycles. The summed E-state index contributed by atoms with van der Waals surface area (Å²) in [6.07, 6.45) is 1.47. The minimum Gasteiger partial charge on any atom is -0.409 e. The monoisotopic (exact) mass is 323 g/mol. The number of H-pyrrole nitrogens is 1. The van der Waals surface area contributed by atoms with E-state index in [1.807, 2.05) is 0 Å². The second-order valence-corrected chi connectivity index (χ2v) is 4.52. The predicted molar refractivity (Wildman–Crippen MR) is 73.2 cm³/mol. The summed E-state index contributed by atoms with van der Waals surface area (Å²) in [6.45, 7) is 0. The number of anilines is 1. The van der Waals surface area contributed by atoms with Crippen molar-refractivity contribution in [2.45, 2.75) is 0 Å². The van der Waals surface area contributed by atoms with E-state index in [4.69, 9.17) is 10.9 Å². The predicted octanol–water partition coefficient (Wildman–Crippen LogP) is 1.52. The van der Waals surface area contributed by atoms with Gasteiger partial charge in [0.15, 0.2) is 5.84 Å². The molecule has 0 unspecified atom stereocenters. The molecule has 5 N–H and O–H groups in total. The van der Waals surface area contributed by atoms with Crippen molar-refractivity contribution < 1.29 is 10.0 Å². The number of aromatic nitrogens is 2. The van der Waals surface area contributed by atoms with E-state index in [0.29, 0.717) is 16.9 Å². The third-order valence-electron chi connectivity index (χ3n) is 2.36. The zero-order chi connectivity index (χ0) is 13.8.